The highest BCUT2D eigenvalue weighted by molar-refractivity contribution is 8.00. The molecule has 0 spiro atoms. The molecule has 1 aliphatic heterocycles. The third-order valence-electron chi connectivity index (χ3n) is 5.86. The number of hydrazine groups is 1. The number of carbonyl (C=O) groups excluding carboxylic acids is 1. The highest BCUT2D eigenvalue weighted by Gasteiger charge is 2.28. The molecule has 1 saturated carbocycles. The Bertz CT molecular complexity index is 1520. The summed E-state index contributed by atoms with van der Waals surface area (Å²) in [5.41, 5.74) is 4.81. The van der Waals surface area contributed by atoms with Gasteiger partial charge in [-0.3, -0.25) is 14.6 Å². The first-order valence-corrected chi connectivity index (χ1v) is 14.7. The molecule has 11 nitrogen and oxygen atoms in total. The van der Waals surface area contributed by atoms with Crippen molar-refractivity contribution < 1.29 is 23.0 Å². The van der Waals surface area contributed by atoms with Crippen molar-refractivity contribution in [3.8, 4) is 40.3 Å². The lowest BCUT2D eigenvalue weighted by Gasteiger charge is -2.17. The van der Waals surface area contributed by atoms with Gasteiger partial charge in [-0.2, -0.15) is 9.78 Å². The van der Waals surface area contributed by atoms with Crippen LogP contribution < -0.4 is 31.2 Å². The van der Waals surface area contributed by atoms with Crippen molar-refractivity contribution in [3.05, 3.63) is 58.4 Å². The van der Waals surface area contributed by atoms with Gasteiger partial charge >= 0.3 is 0 Å². The van der Waals surface area contributed by atoms with Crippen LogP contribution in [-0.4, -0.2) is 50.7 Å². The topological polar surface area (TPSA) is 132 Å². The lowest BCUT2D eigenvalue weighted by atomic mass is 10.00. The number of ether oxygens (including phenoxy) is 2. The molecule has 43 heavy (non-hydrogen) atoms. The fourth-order valence-electron chi connectivity index (χ4n) is 3.70. The fourth-order valence-corrected chi connectivity index (χ4v) is 4.56. The van der Waals surface area contributed by atoms with Crippen LogP contribution in [0.25, 0.3) is 16.9 Å². The van der Waals surface area contributed by atoms with E-state index in [0.29, 0.717) is 5.92 Å². The van der Waals surface area contributed by atoms with E-state index in [1.54, 1.807) is 0 Å². The molecule has 14 heteroatoms. The number of pyridine rings is 2. The number of alkyl halides is 2. The number of hydrogen-bond donors (Lipinski definition) is 3. The SMILES string of the molecule is CC.CC.COc1cnn(-c2cc(-c3cc(C(F)F)ncc3OC)c(C(=O)NC3NNC(C#CC4CC4)S3)cn2)c(=O)c1. The number of nitrogens with zero attached hydrogens (tertiary/aromatic N) is 4. The monoisotopic (exact) mass is 615 g/mol. The second-order valence-corrected chi connectivity index (χ2v) is 9.78. The van der Waals surface area contributed by atoms with E-state index in [1.807, 2.05) is 27.7 Å². The van der Waals surface area contributed by atoms with Crippen molar-refractivity contribution in [1.29, 1.82) is 0 Å². The fraction of sp³-hybridized carbons (Fsp3) is 0.414. The van der Waals surface area contributed by atoms with Crippen LogP contribution in [0.1, 0.15) is 63.0 Å². The maximum Gasteiger partial charge on any atom is 0.280 e. The van der Waals surface area contributed by atoms with Crippen LogP contribution in [0, 0.1) is 17.8 Å². The summed E-state index contributed by atoms with van der Waals surface area (Å²) in [4.78, 5) is 34.1. The van der Waals surface area contributed by atoms with Crippen molar-refractivity contribution in [2.24, 2.45) is 5.92 Å². The van der Waals surface area contributed by atoms with Crippen LogP contribution in [0.5, 0.6) is 11.5 Å². The van der Waals surface area contributed by atoms with Crippen molar-refractivity contribution in [2.75, 3.05) is 14.2 Å². The Morgan fingerprint density at radius 3 is 2.40 bits per heavy atom. The van der Waals surface area contributed by atoms with E-state index in [4.69, 9.17) is 9.47 Å². The first-order valence-electron chi connectivity index (χ1n) is 13.8. The van der Waals surface area contributed by atoms with Crippen LogP contribution >= 0.6 is 11.8 Å². The maximum absolute atomic E-state index is 13.6. The number of amides is 1. The molecule has 3 N–H and O–H groups in total. The van der Waals surface area contributed by atoms with Crippen molar-refractivity contribution in [2.45, 2.75) is 57.8 Å². The predicted molar refractivity (Wildman–Crippen MR) is 161 cm³/mol. The molecule has 1 amide bonds. The third kappa shape index (κ3) is 8.50. The smallest absolute Gasteiger partial charge is 0.280 e. The van der Waals surface area contributed by atoms with Crippen LogP contribution in [0.4, 0.5) is 8.78 Å². The maximum atomic E-state index is 13.6. The minimum Gasteiger partial charge on any atom is -0.495 e. The molecule has 0 radical (unpaired) electrons. The molecule has 0 bridgehead atoms. The largest absolute Gasteiger partial charge is 0.495 e. The lowest BCUT2D eigenvalue weighted by molar-refractivity contribution is 0.0945. The van der Waals surface area contributed by atoms with Crippen LogP contribution in [-0.2, 0) is 0 Å². The van der Waals surface area contributed by atoms with E-state index in [9.17, 15) is 18.4 Å². The Hall–Kier alpha value is -4.06. The summed E-state index contributed by atoms with van der Waals surface area (Å²) >= 11 is 1.38. The van der Waals surface area contributed by atoms with Gasteiger partial charge in [-0.05, 0) is 25.0 Å². The Labute approximate surface area is 253 Å². The zero-order valence-electron chi connectivity index (χ0n) is 24.8. The molecular formula is C29H35F2N7O4S. The Morgan fingerprint density at radius 2 is 1.77 bits per heavy atom. The average molecular weight is 616 g/mol. The minimum absolute atomic E-state index is 0.0529. The zero-order chi connectivity index (χ0) is 31.5. The zero-order valence-corrected chi connectivity index (χ0v) is 25.6. The first-order chi connectivity index (χ1) is 20.9. The molecule has 4 heterocycles. The Kier molecular flexibility index (Phi) is 12.4. The Morgan fingerprint density at radius 1 is 1.02 bits per heavy atom. The predicted octanol–water partition coefficient (Wildman–Crippen LogP) is 4.29. The number of carbonyl (C=O) groups is 1. The third-order valence-corrected chi connectivity index (χ3v) is 6.88. The summed E-state index contributed by atoms with van der Waals surface area (Å²) < 4.78 is 38.5. The molecule has 1 saturated heterocycles. The van der Waals surface area contributed by atoms with Gasteiger partial charge in [0.05, 0.1) is 32.2 Å². The van der Waals surface area contributed by atoms with Gasteiger partial charge in [-0.1, -0.05) is 51.3 Å². The summed E-state index contributed by atoms with van der Waals surface area (Å²) in [7, 11) is 2.75. The van der Waals surface area contributed by atoms with E-state index in [0.717, 1.165) is 29.8 Å². The van der Waals surface area contributed by atoms with Crippen LogP contribution in [0.3, 0.4) is 0 Å². The number of hydrogen-bond acceptors (Lipinski definition) is 10. The molecule has 5 rings (SSSR count). The van der Waals surface area contributed by atoms with Gasteiger partial charge < -0.3 is 14.8 Å². The second-order valence-electron chi connectivity index (χ2n) is 8.56. The molecule has 2 aliphatic rings. The van der Waals surface area contributed by atoms with Gasteiger partial charge in [0.15, 0.2) is 5.82 Å². The van der Waals surface area contributed by atoms with Gasteiger partial charge in [0.25, 0.3) is 17.9 Å². The summed E-state index contributed by atoms with van der Waals surface area (Å²) in [5, 5.41) is 6.69. The van der Waals surface area contributed by atoms with E-state index < -0.39 is 29.1 Å². The second kappa shape index (κ2) is 16.0. The number of halogens is 2. The average Bonchev–Trinajstić information content (AvgIpc) is 3.78. The van der Waals surface area contributed by atoms with E-state index in [1.165, 1.54) is 50.5 Å². The highest BCUT2D eigenvalue weighted by Crippen LogP contribution is 2.35. The molecule has 3 aromatic rings. The molecule has 3 aromatic heterocycles. The minimum atomic E-state index is -2.86. The lowest BCUT2D eigenvalue weighted by Crippen LogP contribution is -2.43. The molecule has 0 aromatic carbocycles. The van der Waals surface area contributed by atoms with Crippen molar-refractivity contribution in [1.82, 2.24) is 35.9 Å². The van der Waals surface area contributed by atoms with E-state index in [2.05, 4.69) is 43.1 Å². The standard InChI is InChI=1S/C25H23F2N7O4S.2C2H6/c1-37-14-7-22(35)34(30-10-14)20-9-15(16-8-18(23(26)27)28-12-19(16)38-2)17(11-29-20)24(36)31-25-33-32-21(39-25)6-5-13-3-4-13;2*1-2/h7-13,21,23,25,32-33H,3-4H2,1-2H3,(H,31,36);2*1-2H3. The summed E-state index contributed by atoms with van der Waals surface area (Å²) in [6, 6.07) is 3.76. The highest BCUT2D eigenvalue weighted by atomic mass is 32.2. The summed E-state index contributed by atoms with van der Waals surface area (Å²) in [6.45, 7) is 8.00. The van der Waals surface area contributed by atoms with Crippen LogP contribution in [0.15, 0.2) is 41.6 Å². The number of nitrogens with one attached hydrogen (secondary N) is 3. The van der Waals surface area contributed by atoms with Gasteiger partial charge in [-0.25, -0.2) is 24.6 Å². The van der Waals surface area contributed by atoms with Gasteiger partial charge in [0.1, 0.15) is 28.1 Å². The number of thioether (sulfide) groups is 1. The van der Waals surface area contributed by atoms with Crippen LogP contribution in [0.2, 0.25) is 0 Å². The summed E-state index contributed by atoms with van der Waals surface area (Å²) in [6.07, 6.45) is 3.07. The van der Waals surface area contributed by atoms with Crippen molar-refractivity contribution >= 4 is 17.7 Å². The molecule has 230 valence electrons. The van der Waals surface area contributed by atoms with Gasteiger partial charge in [0.2, 0.25) is 0 Å². The molecule has 1 aliphatic carbocycles. The van der Waals surface area contributed by atoms with E-state index in [-0.39, 0.29) is 39.4 Å². The number of aromatic nitrogens is 4. The van der Waals surface area contributed by atoms with Gasteiger partial charge in [0, 0.05) is 29.3 Å². The van der Waals surface area contributed by atoms with E-state index >= 15 is 0 Å². The molecule has 2 fully saturated rings. The normalized spacial score (nSPS) is 17.0. The molecular weight excluding hydrogens is 580 g/mol. The molecule has 2 unspecified atom stereocenters. The van der Waals surface area contributed by atoms with Crippen molar-refractivity contribution in [3.63, 3.8) is 0 Å². The van der Waals surface area contributed by atoms with Gasteiger partial charge in [-0.15, -0.1) is 0 Å². The molecule has 2 atom stereocenters. The number of rotatable bonds is 7. The number of methoxy groups -OCH3 is 2. The first kappa shape index (κ1) is 33.4. The summed E-state index contributed by atoms with van der Waals surface area (Å²) in [5.74, 6) is 6.65. The quantitative estimate of drug-likeness (QED) is 0.331. The Balaban J connectivity index is 0.00000121.